The van der Waals surface area contributed by atoms with Gasteiger partial charge in [0.1, 0.15) is 11.6 Å². The Kier molecular flexibility index (Phi) is 8.18. The number of hydrogen-bond acceptors (Lipinski definition) is 9. The van der Waals surface area contributed by atoms with Crippen molar-refractivity contribution >= 4 is 50.5 Å². The zero-order chi connectivity index (χ0) is 29.4. The number of carbonyl (C=O) groups excluding carboxylic acids is 1. The van der Waals surface area contributed by atoms with Crippen LogP contribution in [0.15, 0.2) is 30.3 Å². The van der Waals surface area contributed by atoms with E-state index in [0.29, 0.717) is 30.8 Å². The van der Waals surface area contributed by atoms with Crippen LogP contribution in [0.5, 0.6) is 0 Å². The van der Waals surface area contributed by atoms with E-state index in [1.807, 2.05) is 17.6 Å². The maximum atomic E-state index is 14.0. The minimum Gasteiger partial charge on any atom is -0.378 e. The van der Waals surface area contributed by atoms with E-state index in [-0.39, 0.29) is 23.2 Å². The quantitative estimate of drug-likeness (QED) is 0.412. The number of fused-ring (bicyclic) bond motifs is 1. The van der Waals surface area contributed by atoms with Crippen LogP contribution in [0.3, 0.4) is 0 Å². The highest BCUT2D eigenvalue weighted by Gasteiger charge is 2.33. The van der Waals surface area contributed by atoms with Gasteiger partial charge >= 0.3 is 0 Å². The van der Waals surface area contributed by atoms with E-state index in [9.17, 15) is 13.2 Å². The Morgan fingerprint density at radius 2 is 1.86 bits per heavy atom. The van der Waals surface area contributed by atoms with Crippen LogP contribution in [-0.4, -0.2) is 99.1 Å². The number of nitrogens with zero attached hydrogens (tertiary/aromatic N) is 6. The van der Waals surface area contributed by atoms with Gasteiger partial charge in [-0.3, -0.25) is 9.52 Å². The fraction of sp³-hybridized carbons (Fsp3) is 0.536. The summed E-state index contributed by atoms with van der Waals surface area (Å²) in [6, 6.07) is 8.85. The Morgan fingerprint density at radius 1 is 1.05 bits per heavy atom. The van der Waals surface area contributed by atoms with Gasteiger partial charge in [-0.15, -0.1) is 0 Å². The molecule has 2 N–H and O–H groups in total. The number of aromatic nitrogens is 3. The molecule has 226 valence electrons. The van der Waals surface area contributed by atoms with E-state index in [1.54, 1.807) is 11.0 Å². The molecule has 3 aliphatic rings. The van der Waals surface area contributed by atoms with Crippen molar-refractivity contribution in [2.24, 2.45) is 0 Å². The van der Waals surface area contributed by atoms with Gasteiger partial charge < -0.3 is 24.8 Å². The van der Waals surface area contributed by atoms with Gasteiger partial charge in [-0.2, -0.15) is 9.61 Å². The molecule has 12 nitrogen and oxygen atoms in total. The summed E-state index contributed by atoms with van der Waals surface area (Å²) in [4.78, 5) is 25.4. The molecule has 1 amide bonds. The van der Waals surface area contributed by atoms with E-state index >= 15 is 0 Å². The molecule has 0 bridgehead atoms. The Bertz CT molecular complexity index is 1580. The second kappa shape index (κ2) is 11.9. The van der Waals surface area contributed by atoms with Crippen LogP contribution in [0.4, 0.5) is 17.3 Å². The predicted octanol–water partition coefficient (Wildman–Crippen LogP) is 2.76. The number of sulfonamides is 1. The highest BCUT2D eigenvalue weighted by Crippen LogP contribution is 2.35. The first kappa shape index (κ1) is 29.0. The molecule has 3 aliphatic heterocycles. The summed E-state index contributed by atoms with van der Waals surface area (Å²) in [6.07, 6.45) is 4.64. The number of anilines is 3. The van der Waals surface area contributed by atoms with Crippen LogP contribution >= 0.6 is 11.6 Å². The van der Waals surface area contributed by atoms with Crippen molar-refractivity contribution in [3.05, 3.63) is 46.6 Å². The van der Waals surface area contributed by atoms with Gasteiger partial charge in [0.25, 0.3) is 5.91 Å². The number of rotatable bonds is 7. The van der Waals surface area contributed by atoms with Crippen LogP contribution in [0, 0.1) is 0 Å². The normalized spacial score (nSPS) is 21.7. The van der Waals surface area contributed by atoms with Crippen LogP contribution in [0.25, 0.3) is 5.65 Å². The van der Waals surface area contributed by atoms with Crippen LogP contribution < -0.4 is 19.8 Å². The second-order valence-corrected chi connectivity index (χ2v) is 13.4. The van der Waals surface area contributed by atoms with Crippen molar-refractivity contribution in [1.82, 2.24) is 24.8 Å². The monoisotopic (exact) mass is 616 g/mol. The number of halogens is 1. The van der Waals surface area contributed by atoms with Crippen molar-refractivity contribution < 1.29 is 17.9 Å². The highest BCUT2D eigenvalue weighted by molar-refractivity contribution is 7.92. The van der Waals surface area contributed by atoms with Crippen molar-refractivity contribution in [3.63, 3.8) is 0 Å². The molecular weight excluding hydrogens is 580 g/mol. The van der Waals surface area contributed by atoms with Crippen molar-refractivity contribution in [2.75, 3.05) is 73.8 Å². The Hall–Kier alpha value is -3.13. The maximum Gasteiger partial charge on any atom is 0.256 e. The molecule has 0 unspecified atom stereocenters. The smallest absolute Gasteiger partial charge is 0.256 e. The molecule has 3 aromatic rings. The maximum absolute atomic E-state index is 14.0. The van der Waals surface area contributed by atoms with Gasteiger partial charge in [-0.25, -0.2) is 13.4 Å². The Morgan fingerprint density at radius 3 is 2.60 bits per heavy atom. The minimum atomic E-state index is -3.60. The number of carbonyl (C=O) groups is 1. The molecule has 0 spiro atoms. The first-order valence-corrected chi connectivity index (χ1v) is 16.7. The van der Waals surface area contributed by atoms with E-state index < -0.39 is 10.0 Å². The first-order valence-electron chi connectivity index (χ1n) is 14.4. The van der Waals surface area contributed by atoms with Gasteiger partial charge in [0.2, 0.25) is 10.0 Å². The number of likely N-dealkylation sites (tertiary alicyclic amines) is 1. The zero-order valence-electron chi connectivity index (χ0n) is 23.9. The SMILES string of the molecule is CN[C@@H]1CCN(c2cc(N3CCOCC3)n3nc([C@@H]4CCCCN4C(=O)c4cc(Cl)ccc4NS(C)(=O)=O)cc3n2)C1. The van der Waals surface area contributed by atoms with E-state index in [1.165, 1.54) is 12.1 Å². The Balaban J connectivity index is 1.38. The third-order valence-electron chi connectivity index (χ3n) is 8.28. The zero-order valence-corrected chi connectivity index (χ0v) is 25.5. The number of likely N-dealkylation sites (N-methyl/N-ethyl adjacent to an activating group) is 1. The van der Waals surface area contributed by atoms with Gasteiger partial charge in [0.05, 0.1) is 42.5 Å². The van der Waals surface area contributed by atoms with E-state index in [0.717, 1.165) is 81.1 Å². The molecule has 2 atom stereocenters. The molecule has 1 aromatic carbocycles. The predicted molar refractivity (Wildman–Crippen MR) is 163 cm³/mol. The minimum absolute atomic E-state index is 0.206. The third kappa shape index (κ3) is 6.01. The van der Waals surface area contributed by atoms with Crippen molar-refractivity contribution in [3.8, 4) is 0 Å². The van der Waals surface area contributed by atoms with Gasteiger partial charge in [0.15, 0.2) is 5.65 Å². The molecule has 6 rings (SSSR count). The summed E-state index contributed by atoms with van der Waals surface area (Å²) in [5, 5.41) is 8.78. The molecule has 14 heteroatoms. The fourth-order valence-corrected chi connectivity index (χ4v) is 6.88. The summed E-state index contributed by atoms with van der Waals surface area (Å²) >= 11 is 6.26. The molecule has 5 heterocycles. The lowest BCUT2D eigenvalue weighted by atomic mass is 9.98. The molecule has 3 fully saturated rings. The number of piperidine rings is 1. The molecule has 0 aliphatic carbocycles. The Labute approximate surface area is 251 Å². The fourth-order valence-electron chi connectivity index (χ4n) is 6.13. The number of hydrogen-bond donors (Lipinski definition) is 2. The molecular formula is C28H37ClN8O4S. The summed E-state index contributed by atoms with van der Waals surface area (Å²) in [6.45, 7) is 5.14. The number of amides is 1. The number of nitrogens with one attached hydrogen (secondary N) is 2. The van der Waals surface area contributed by atoms with Gasteiger partial charge in [0, 0.05) is 55.9 Å². The second-order valence-electron chi connectivity index (χ2n) is 11.2. The number of ether oxygens (including phenoxy) is 1. The summed E-state index contributed by atoms with van der Waals surface area (Å²) < 4.78 is 34.1. The molecule has 42 heavy (non-hydrogen) atoms. The summed E-state index contributed by atoms with van der Waals surface area (Å²) in [7, 11) is -1.61. The lowest BCUT2D eigenvalue weighted by Crippen LogP contribution is -2.39. The van der Waals surface area contributed by atoms with Crippen molar-refractivity contribution in [2.45, 2.75) is 37.8 Å². The number of morpholine rings is 1. The molecule has 0 radical (unpaired) electrons. The first-order chi connectivity index (χ1) is 20.2. The molecule has 2 aromatic heterocycles. The van der Waals surface area contributed by atoms with Crippen LogP contribution in [0.2, 0.25) is 5.02 Å². The third-order valence-corrected chi connectivity index (χ3v) is 9.11. The van der Waals surface area contributed by atoms with E-state index in [2.05, 4.69) is 25.9 Å². The van der Waals surface area contributed by atoms with Gasteiger partial charge in [-0.05, 0) is 50.9 Å². The lowest BCUT2D eigenvalue weighted by Gasteiger charge is -2.35. The van der Waals surface area contributed by atoms with Crippen LogP contribution in [-0.2, 0) is 14.8 Å². The largest absolute Gasteiger partial charge is 0.378 e. The molecule has 0 saturated carbocycles. The lowest BCUT2D eigenvalue weighted by molar-refractivity contribution is 0.0607. The summed E-state index contributed by atoms with van der Waals surface area (Å²) in [5.74, 6) is 1.59. The molecule has 3 saturated heterocycles. The van der Waals surface area contributed by atoms with Crippen LogP contribution in [0.1, 0.15) is 47.8 Å². The number of benzene rings is 1. The van der Waals surface area contributed by atoms with E-state index in [4.69, 9.17) is 26.4 Å². The average Bonchev–Trinajstić information content (AvgIpc) is 3.64. The van der Waals surface area contributed by atoms with Crippen molar-refractivity contribution in [1.29, 1.82) is 0 Å². The average molecular weight is 617 g/mol. The topological polar surface area (TPSA) is 124 Å². The highest BCUT2D eigenvalue weighted by atomic mass is 35.5. The van der Waals surface area contributed by atoms with Gasteiger partial charge in [-0.1, -0.05) is 11.6 Å². The summed E-state index contributed by atoms with van der Waals surface area (Å²) in [5.41, 5.74) is 1.91. The standard InChI is InChI=1S/C28H37ClN8O4S/c1-30-20-8-10-35(18-20)25-17-27(34-11-13-41-14-12-34)37-26(31-25)16-23(32-37)24-5-3-4-9-36(24)28(38)21-15-19(29)6-7-22(21)33-42(2,39)40/h6-7,15-17,20,24,30,33H,3-5,8-14,18H2,1-2H3/t20-,24+/m1/s1.